The molecule has 0 atom stereocenters. The highest BCUT2D eigenvalue weighted by Gasteiger charge is 2.47. The summed E-state index contributed by atoms with van der Waals surface area (Å²) in [5.74, 6) is 0.914. The van der Waals surface area contributed by atoms with Crippen molar-refractivity contribution in [3.05, 3.63) is 196 Å². The van der Waals surface area contributed by atoms with Crippen molar-refractivity contribution in [2.75, 3.05) is 7.11 Å². The summed E-state index contributed by atoms with van der Waals surface area (Å²) < 4.78 is 13.7. The lowest BCUT2D eigenvalue weighted by atomic mass is 9.81. The fraction of sp³-hybridized carbons (Fsp3) is 0.130. The Balaban J connectivity index is 1.23. The average Bonchev–Trinajstić information content (AvgIpc) is 3.56. The van der Waals surface area contributed by atoms with E-state index in [1.165, 1.54) is 61.2 Å². The highest BCUT2D eigenvalue weighted by Crippen LogP contribution is 2.56. The van der Waals surface area contributed by atoms with Gasteiger partial charge in [-0.2, -0.15) is 0 Å². The van der Waals surface area contributed by atoms with E-state index in [-0.39, 0.29) is 0 Å². The first kappa shape index (κ1) is 28.8. The molecule has 0 amide bonds. The maximum absolute atomic E-state index is 7.18. The van der Waals surface area contributed by atoms with Crippen LogP contribution < -0.4 is 4.74 Å². The van der Waals surface area contributed by atoms with E-state index in [1.54, 1.807) is 0 Å². The Morgan fingerprint density at radius 1 is 0.583 bits per heavy atom. The van der Waals surface area contributed by atoms with Crippen molar-refractivity contribution in [1.82, 2.24) is 0 Å². The molecule has 6 aromatic carbocycles. The Morgan fingerprint density at radius 3 is 1.69 bits per heavy atom. The van der Waals surface area contributed by atoms with Gasteiger partial charge in [0.1, 0.15) is 11.4 Å². The first-order valence-corrected chi connectivity index (χ1v) is 16.7. The van der Waals surface area contributed by atoms with E-state index in [9.17, 15) is 0 Å². The second-order valence-corrected chi connectivity index (χ2v) is 13.4. The largest absolute Gasteiger partial charge is 0.473 e. The van der Waals surface area contributed by atoms with Gasteiger partial charge in [-0.3, -0.25) is 0 Å². The molecule has 1 aliphatic heterocycles. The van der Waals surface area contributed by atoms with Gasteiger partial charge in [0.2, 0.25) is 0 Å². The third-order valence-electron chi connectivity index (χ3n) is 10.8. The van der Waals surface area contributed by atoms with Crippen LogP contribution in [0.4, 0.5) is 0 Å². The number of rotatable bonds is 4. The number of hydrogen-bond acceptors (Lipinski definition) is 2. The molecule has 0 N–H and O–H groups in total. The zero-order chi connectivity index (χ0) is 32.6. The summed E-state index contributed by atoms with van der Waals surface area (Å²) in [5, 5.41) is 0. The van der Waals surface area contributed by atoms with Gasteiger partial charge in [0, 0.05) is 34.9 Å². The summed E-state index contributed by atoms with van der Waals surface area (Å²) in [7, 11) is 1.82. The Bertz CT molecular complexity index is 2260. The molecule has 0 saturated carbocycles. The maximum atomic E-state index is 7.18. The predicted molar refractivity (Wildman–Crippen MR) is 196 cm³/mol. The highest BCUT2D eigenvalue weighted by atomic mass is 16.5. The first-order valence-electron chi connectivity index (χ1n) is 16.7. The van der Waals surface area contributed by atoms with Crippen LogP contribution in [0.15, 0.2) is 146 Å². The molecule has 2 heteroatoms. The molecule has 9 rings (SSSR count). The number of benzene rings is 6. The molecular formula is C46H36O2. The highest BCUT2D eigenvalue weighted by molar-refractivity contribution is 5.91. The summed E-state index contributed by atoms with van der Waals surface area (Å²) in [6, 6.07) is 48.1. The van der Waals surface area contributed by atoms with E-state index < -0.39 is 11.2 Å². The van der Waals surface area contributed by atoms with Gasteiger partial charge in [-0.15, -0.1) is 0 Å². The minimum atomic E-state index is -0.727. The van der Waals surface area contributed by atoms with Crippen molar-refractivity contribution in [3.8, 4) is 28.0 Å². The van der Waals surface area contributed by atoms with Crippen molar-refractivity contribution < 1.29 is 9.47 Å². The number of ether oxygens (including phenoxy) is 2. The van der Waals surface area contributed by atoms with Crippen LogP contribution >= 0.6 is 0 Å². The molecule has 0 saturated heterocycles. The van der Waals surface area contributed by atoms with Crippen LogP contribution in [0.5, 0.6) is 5.75 Å². The molecule has 2 nitrogen and oxygen atoms in total. The molecule has 1 heterocycles. The zero-order valence-corrected chi connectivity index (χ0v) is 27.7. The Kier molecular flexibility index (Phi) is 6.31. The normalized spacial score (nSPS) is 15.9. The summed E-state index contributed by atoms with van der Waals surface area (Å²) in [6.07, 6.45) is 4.68. The Morgan fingerprint density at radius 2 is 1.10 bits per heavy atom. The summed E-state index contributed by atoms with van der Waals surface area (Å²) in [5.41, 5.74) is 16.5. The van der Waals surface area contributed by atoms with Crippen LogP contribution in [-0.2, 0) is 15.9 Å². The Labute approximate surface area is 282 Å². The minimum Gasteiger partial charge on any atom is -0.473 e. The third kappa shape index (κ3) is 3.96. The van der Waals surface area contributed by atoms with Gasteiger partial charge in [-0.1, -0.05) is 115 Å². The van der Waals surface area contributed by atoms with E-state index in [4.69, 9.17) is 9.47 Å². The molecule has 0 unspecified atom stereocenters. The van der Waals surface area contributed by atoms with Crippen molar-refractivity contribution >= 4 is 11.1 Å². The molecule has 0 fully saturated rings. The molecule has 2 aliphatic carbocycles. The molecule has 1 spiro atoms. The molecule has 6 aromatic rings. The molecule has 0 bridgehead atoms. The van der Waals surface area contributed by atoms with Gasteiger partial charge in [-0.25, -0.2) is 0 Å². The fourth-order valence-electron chi connectivity index (χ4n) is 8.28. The first-order chi connectivity index (χ1) is 23.4. The zero-order valence-electron chi connectivity index (χ0n) is 27.7. The van der Waals surface area contributed by atoms with E-state index >= 15 is 0 Å². The number of fused-ring (bicyclic) bond motifs is 9. The minimum absolute atomic E-state index is 0.673. The van der Waals surface area contributed by atoms with Gasteiger partial charge in [-0.05, 0) is 107 Å². The van der Waals surface area contributed by atoms with Crippen molar-refractivity contribution in [2.45, 2.75) is 32.0 Å². The van der Waals surface area contributed by atoms with Gasteiger partial charge in [0.15, 0.2) is 5.60 Å². The predicted octanol–water partition coefficient (Wildman–Crippen LogP) is 11.0. The van der Waals surface area contributed by atoms with E-state index in [2.05, 4.69) is 166 Å². The van der Waals surface area contributed by atoms with Crippen LogP contribution in [-0.4, -0.2) is 7.11 Å². The summed E-state index contributed by atoms with van der Waals surface area (Å²) in [6.45, 7) is 6.55. The average molecular weight is 621 g/mol. The van der Waals surface area contributed by atoms with Crippen LogP contribution in [0.25, 0.3) is 33.4 Å². The smallest absolute Gasteiger partial charge is 0.179 e. The van der Waals surface area contributed by atoms with Gasteiger partial charge in [0.05, 0.1) is 0 Å². The number of allylic oxidation sites excluding steroid dienone is 1. The van der Waals surface area contributed by atoms with Crippen molar-refractivity contribution in [2.24, 2.45) is 0 Å². The molecule has 0 aromatic heterocycles. The Hall–Kier alpha value is -5.44. The SMILES string of the molecule is COC1(/C=C(\C)c2cccc(C3=CC4(Oc5cc(C)c(C)cc53)c3ccccc3-c3ccccc34)c2)c2ccccc2-c2ccccc21. The third-order valence-corrected chi connectivity index (χ3v) is 10.8. The molecule has 3 aliphatic rings. The molecular weight excluding hydrogens is 585 g/mol. The van der Waals surface area contributed by atoms with E-state index in [0.29, 0.717) is 0 Å². The maximum Gasteiger partial charge on any atom is 0.179 e. The second kappa shape index (κ2) is 10.5. The number of methoxy groups -OCH3 is 1. The standard InChI is InChI=1S/C46H36O2/c1-29-24-38-39(28-46(48-44(38)25-30(29)2)42-22-11-7-18-36(42)37-19-8-12-23-43(37)46)33-15-13-14-32(26-33)31(3)27-45(47-4)40-20-9-5-16-34(40)35-17-6-10-21-41(35)45/h5-28H,1-4H3/b31-27+. The van der Waals surface area contributed by atoms with Crippen LogP contribution in [0.2, 0.25) is 0 Å². The van der Waals surface area contributed by atoms with Crippen LogP contribution in [0.3, 0.4) is 0 Å². The van der Waals surface area contributed by atoms with E-state index in [1.807, 2.05) is 7.11 Å². The number of hydrogen-bond donors (Lipinski definition) is 0. The summed E-state index contributed by atoms with van der Waals surface area (Å²) >= 11 is 0. The van der Waals surface area contributed by atoms with Crippen molar-refractivity contribution in [3.63, 3.8) is 0 Å². The molecule has 232 valence electrons. The summed E-state index contributed by atoms with van der Waals surface area (Å²) in [4.78, 5) is 0. The van der Waals surface area contributed by atoms with Crippen LogP contribution in [0, 0.1) is 13.8 Å². The quantitative estimate of drug-likeness (QED) is 0.195. The van der Waals surface area contributed by atoms with Crippen molar-refractivity contribution in [1.29, 1.82) is 0 Å². The topological polar surface area (TPSA) is 18.5 Å². The van der Waals surface area contributed by atoms with Gasteiger partial charge < -0.3 is 9.47 Å². The fourth-order valence-corrected chi connectivity index (χ4v) is 8.28. The van der Waals surface area contributed by atoms with Gasteiger partial charge in [0.25, 0.3) is 0 Å². The lowest BCUT2D eigenvalue weighted by molar-refractivity contribution is 0.0698. The monoisotopic (exact) mass is 620 g/mol. The lowest BCUT2D eigenvalue weighted by Crippen LogP contribution is -2.33. The van der Waals surface area contributed by atoms with Crippen LogP contribution in [0.1, 0.15) is 57.0 Å². The van der Waals surface area contributed by atoms with Gasteiger partial charge >= 0.3 is 0 Å². The molecule has 48 heavy (non-hydrogen) atoms. The second-order valence-electron chi connectivity index (χ2n) is 13.4. The number of aryl methyl sites for hydroxylation is 2. The lowest BCUT2D eigenvalue weighted by Gasteiger charge is -2.36. The molecule has 0 radical (unpaired) electrons. The van der Waals surface area contributed by atoms with E-state index in [0.717, 1.165) is 28.0 Å².